The Hall–Kier alpha value is -2.60. The third-order valence-electron chi connectivity index (χ3n) is 4.11. The van der Waals surface area contributed by atoms with Crippen LogP contribution in [0.4, 0.5) is 5.69 Å². The number of benzene rings is 2. The second-order valence-corrected chi connectivity index (χ2v) is 7.17. The first-order valence-corrected chi connectivity index (χ1v) is 9.70. The molecule has 3 aromatic rings. The Labute approximate surface area is 157 Å². The molecule has 1 amide bonds. The van der Waals surface area contributed by atoms with E-state index in [0.717, 1.165) is 16.3 Å². The van der Waals surface area contributed by atoms with E-state index in [-0.39, 0.29) is 11.7 Å². The average Bonchev–Trinajstić information content (AvgIpc) is 3.04. The molecular formula is C20H22N4OS. The number of hydrogen-bond acceptors (Lipinski definition) is 4. The number of hydrogen-bond donors (Lipinski definition) is 1. The summed E-state index contributed by atoms with van der Waals surface area (Å²) >= 11 is 1.66. The standard InChI is InChI=1S/C20H22N4OS/c1-13(2)17-7-5-6-8-18(17)24-14(3)21-19(23-24)20(25)22-15-9-11-16(26-4)12-10-15/h5-13H,1-4H3,(H,22,25). The molecule has 0 aliphatic rings. The van der Waals surface area contributed by atoms with E-state index >= 15 is 0 Å². The number of carbonyl (C=O) groups is 1. The Morgan fingerprint density at radius 2 is 1.81 bits per heavy atom. The van der Waals surface area contributed by atoms with Crippen molar-refractivity contribution < 1.29 is 4.79 Å². The number of nitrogens with zero attached hydrogens (tertiary/aromatic N) is 3. The number of anilines is 1. The number of aryl methyl sites for hydroxylation is 1. The fourth-order valence-electron chi connectivity index (χ4n) is 2.74. The Morgan fingerprint density at radius 1 is 1.12 bits per heavy atom. The van der Waals surface area contributed by atoms with Crippen molar-refractivity contribution in [1.82, 2.24) is 14.8 Å². The minimum Gasteiger partial charge on any atom is -0.319 e. The first kappa shape index (κ1) is 18.2. The molecule has 0 aliphatic heterocycles. The summed E-state index contributed by atoms with van der Waals surface area (Å²) in [6, 6.07) is 15.7. The van der Waals surface area contributed by atoms with Gasteiger partial charge in [0.25, 0.3) is 5.91 Å². The Balaban J connectivity index is 1.87. The van der Waals surface area contributed by atoms with E-state index in [2.05, 4.69) is 35.3 Å². The van der Waals surface area contributed by atoms with Gasteiger partial charge in [-0.25, -0.2) is 9.67 Å². The van der Waals surface area contributed by atoms with E-state index in [4.69, 9.17) is 0 Å². The zero-order chi connectivity index (χ0) is 18.7. The fraction of sp³-hybridized carbons (Fsp3) is 0.250. The molecule has 0 bridgehead atoms. The molecule has 1 N–H and O–H groups in total. The highest BCUT2D eigenvalue weighted by Gasteiger charge is 2.17. The van der Waals surface area contributed by atoms with Gasteiger partial charge in [-0.15, -0.1) is 16.9 Å². The van der Waals surface area contributed by atoms with E-state index in [1.165, 1.54) is 5.56 Å². The highest BCUT2D eigenvalue weighted by molar-refractivity contribution is 7.98. The molecule has 26 heavy (non-hydrogen) atoms. The van der Waals surface area contributed by atoms with E-state index in [0.29, 0.717) is 11.7 Å². The summed E-state index contributed by atoms with van der Waals surface area (Å²) in [4.78, 5) is 18.0. The van der Waals surface area contributed by atoms with Crippen LogP contribution in [0.2, 0.25) is 0 Å². The van der Waals surface area contributed by atoms with Crippen molar-refractivity contribution in [3.8, 4) is 5.69 Å². The van der Waals surface area contributed by atoms with Gasteiger partial charge in [0, 0.05) is 10.6 Å². The summed E-state index contributed by atoms with van der Waals surface area (Å²) in [6.07, 6.45) is 2.02. The molecule has 134 valence electrons. The van der Waals surface area contributed by atoms with Crippen LogP contribution in [-0.4, -0.2) is 26.9 Å². The minimum absolute atomic E-state index is 0.162. The lowest BCUT2D eigenvalue weighted by Crippen LogP contribution is -2.14. The molecule has 0 atom stereocenters. The van der Waals surface area contributed by atoms with Crippen LogP contribution in [0.15, 0.2) is 53.4 Å². The molecule has 0 aliphatic carbocycles. The molecule has 0 saturated carbocycles. The van der Waals surface area contributed by atoms with Crippen molar-refractivity contribution in [3.63, 3.8) is 0 Å². The molecule has 0 fully saturated rings. The lowest BCUT2D eigenvalue weighted by atomic mass is 10.0. The molecule has 1 aromatic heterocycles. The molecule has 0 unspecified atom stereocenters. The first-order chi connectivity index (χ1) is 12.5. The third kappa shape index (κ3) is 3.80. The molecule has 0 radical (unpaired) electrons. The van der Waals surface area contributed by atoms with Gasteiger partial charge < -0.3 is 5.32 Å². The lowest BCUT2D eigenvalue weighted by molar-refractivity contribution is 0.101. The summed E-state index contributed by atoms with van der Waals surface area (Å²) < 4.78 is 1.74. The van der Waals surface area contributed by atoms with Crippen LogP contribution in [0.25, 0.3) is 5.69 Å². The van der Waals surface area contributed by atoms with Crippen LogP contribution >= 0.6 is 11.8 Å². The highest BCUT2D eigenvalue weighted by Crippen LogP contribution is 2.23. The van der Waals surface area contributed by atoms with Gasteiger partial charge in [-0.3, -0.25) is 4.79 Å². The zero-order valence-electron chi connectivity index (χ0n) is 15.4. The summed E-state index contributed by atoms with van der Waals surface area (Å²) in [7, 11) is 0. The molecule has 1 heterocycles. The van der Waals surface area contributed by atoms with Gasteiger partial charge in [-0.2, -0.15) is 0 Å². The average molecular weight is 366 g/mol. The second kappa shape index (κ2) is 7.74. The molecule has 2 aromatic carbocycles. The van der Waals surface area contributed by atoms with Crippen LogP contribution in [0.5, 0.6) is 0 Å². The van der Waals surface area contributed by atoms with Crippen molar-refractivity contribution in [2.75, 3.05) is 11.6 Å². The number of carbonyl (C=O) groups excluding carboxylic acids is 1. The summed E-state index contributed by atoms with van der Waals surface area (Å²) in [6.45, 7) is 6.13. The Bertz CT molecular complexity index is 916. The maximum Gasteiger partial charge on any atom is 0.295 e. The van der Waals surface area contributed by atoms with Crippen molar-refractivity contribution in [2.24, 2.45) is 0 Å². The van der Waals surface area contributed by atoms with Crippen molar-refractivity contribution >= 4 is 23.4 Å². The predicted molar refractivity (Wildman–Crippen MR) is 106 cm³/mol. The summed E-state index contributed by atoms with van der Waals surface area (Å²) in [5.41, 5.74) is 2.85. The monoisotopic (exact) mass is 366 g/mol. The maximum absolute atomic E-state index is 12.5. The van der Waals surface area contributed by atoms with Crippen LogP contribution in [0, 0.1) is 6.92 Å². The molecule has 3 rings (SSSR count). The van der Waals surface area contributed by atoms with Gasteiger partial charge >= 0.3 is 0 Å². The highest BCUT2D eigenvalue weighted by atomic mass is 32.2. The SMILES string of the molecule is CSc1ccc(NC(=O)c2nc(C)n(-c3ccccc3C(C)C)n2)cc1. The van der Waals surface area contributed by atoms with Gasteiger partial charge in [0.2, 0.25) is 5.82 Å². The topological polar surface area (TPSA) is 59.8 Å². The van der Waals surface area contributed by atoms with Crippen molar-refractivity contribution in [3.05, 3.63) is 65.7 Å². The molecule has 0 spiro atoms. The summed E-state index contributed by atoms with van der Waals surface area (Å²) in [5.74, 6) is 0.879. The number of thioether (sulfide) groups is 1. The van der Waals surface area contributed by atoms with Gasteiger partial charge in [0.15, 0.2) is 0 Å². The predicted octanol–water partition coefficient (Wildman–Crippen LogP) is 4.67. The quantitative estimate of drug-likeness (QED) is 0.667. The number of para-hydroxylation sites is 1. The van der Waals surface area contributed by atoms with E-state index < -0.39 is 0 Å². The molecule has 6 heteroatoms. The normalized spacial score (nSPS) is 11.0. The van der Waals surface area contributed by atoms with Gasteiger partial charge in [0.1, 0.15) is 5.82 Å². The van der Waals surface area contributed by atoms with Gasteiger partial charge in [-0.1, -0.05) is 32.0 Å². The first-order valence-electron chi connectivity index (χ1n) is 8.48. The van der Waals surface area contributed by atoms with E-state index in [9.17, 15) is 4.79 Å². The van der Waals surface area contributed by atoms with Crippen LogP contribution in [-0.2, 0) is 0 Å². The molecule has 0 saturated heterocycles. The molecular weight excluding hydrogens is 344 g/mol. The second-order valence-electron chi connectivity index (χ2n) is 6.29. The van der Waals surface area contributed by atoms with Crippen molar-refractivity contribution in [1.29, 1.82) is 0 Å². The van der Waals surface area contributed by atoms with Crippen molar-refractivity contribution in [2.45, 2.75) is 31.6 Å². The molecule has 5 nitrogen and oxygen atoms in total. The van der Waals surface area contributed by atoms with Gasteiger partial charge in [0.05, 0.1) is 5.69 Å². The third-order valence-corrected chi connectivity index (χ3v) is 4.85. The van der Waals surface area contributed by atoms with E-state index in [1.807, 2.05) is 55.6 Å². The number of aromatic nitrogens is 3. The number of amides is 1. The van der Waals surface area contributed by atoms with Crippen LogP contribution in [0.3, 0.4) is 0 Å². The van der Waals surface area contributed by atoms with Gasteiger partial charge in [-0.05, 0) is 55.0 Å². The largest absolute Gasteiger partial charge is 0.319 e. The summed E-state index contributed by atoms with van der Waals surface area (Å²) in [5, 5.41) is 7.29. The Morgan fingerprint density at radius 3 is 2.46 bits per heavy atom. The zero-order valence-corrected chi connectivity index (χ0v) is 16.2. The minimum atomic E-state index is -0.314. The fourth-order valence-corrected chi connectivity index (χ4v) is 3.15. The van der Waals surface area contributed by atoms with E-state index in [1.54, 1.807) is 16.4 Å². The van der Waals surface area contributed by atoms with Crippen LogP contribution < -0.4 is 5.32 Å². The maximum atomic E-state index is 12.5. The van der Waals surface area contributed by atoms with Crippen LogP contribution in [0.1, 0.15) is 41.8 Å². The number of nitrogens with one attached hydrogen (secondary N) is 1. The number of rotatable bonds is 5. The smallest absolute Gasteiger partial charge is 0.295 e. The Kier molecular flexibility index (Phi) is 5.42. The lowest BCUT2D eigenvalue weighted by Gasteiger charge is -2.12.